The number of esters is 1. The maximum absolute atomic E-state index is 13.8. The summed E-state index contributed by atoms with van der Waals surface area (Å²) in [5, 5.41) is 5.05. The highest BCUT2D eigenvalue weighted by molar-refractivity contribution is 5.97. The van der Waals surface area contributed by atoms with E-state index in [-0.39, 0.29) is 23.8 Å². The largest absolute Gasteiger partial charge is 0.451 e. The van der Waals surface area contributed by atoms with E-state index in [2.05, 4.69) is 10.6 Å². The Morgan fingerprint density at radius 3 is 2.20 bits per heavy atom. The molecule has 0 saturated carbocycles. The molecular formula is C22H24F2N2O4. The summed E-state index contributed by atoms with van der Waals surface area (Å²) in [5.74, 6) is -3.56. The molecular weight excluding hydrogens is 394 g/mol. The van der Waals surface area contributed by atoms with Crippen LogP contribution in [0.15, 0.2) is 48.5 Å². The van der Waals surface area contributed by atoms with Crippen molar-refractivity contribution in [2.45, 2.75) is 39.5 Å². The second-order valence-corrected chi connectivity index (χ2v) is 7.10. The Balaban J connectivity index is 1.94. The molecule has 2 amide bonds. The molecule has 2 aromatic rings. The standard InChI is InChI=1S/C22H24F2N2O4/c1-13(2)19(26-21(28)17-6-4-5-7-18(17)24)22(29)30-14(3)20(27)25-12-15-8-10-16(23)11-9-15/h4-11,13-14,19H,12H2,1-3H3,(H,25,27)(H,26,28)/t14-,19-/m0/s1. The molecule has 2 atom stereocenters. The van der Waals surface area contributed by atoms with E-state index in [4.69, 9.17) is 4.74 Å². The molecule has 0 aliphatic rings. The van der Waals surface area contributed by atoms with Crippen molar-refractivity contribution in [3.63, 3.8) is 0 Å². The monoisotopic (exact) mass is 418 g/mol. The number of nitrogens with one attached hydrogen (secondary N) is 2. The van der Waals surface area contributed by atoms with Crippen molar-refractivity contribution < 1.29 is 27.9 Å². The minimum Gasteiger partial charge on any atom is -0.451 e. The second-order valence-electron chi connectivity index (χ2n) is 7.10. The summed E-state index contributed by atoms with van der Waals surface area (Å²) in [5.41, 5.74) is 0.488. The van der Waals surface area contributed by atoms with Crippen molar-refractivity contribution in [1.82, 2.24) is 10.6 Å². The van der Waals surface area contributed by atoms with Gasteiger partial charge in [-0.2, -0.15) is 0 Å². The van der Waals surface area contributed by atoms with E-state index in [1.54, 1.807) is 13.8 Å². The van der Waals surface area contributed by atoms with Crippen LogP contribution in [0.25, 0.3) is 0 Å². The molecule has 2 aromatic carbocycles. The fourth-order valence-corrected chi connectivity index (χ4v) is 2.60. The highest BCUT2D eigenvalue weighted by Crippen LogP contribution is 2.11. The molecule has 0 spiro atoms. The van der Waals surface area contributed by atoms with Crippen molar-refractivity contribution in [3.8, 4) is 0 Å². The lowest BCUT2D eigenvalue weighted by molar-refractivity contribution is -0.157. The summed E-state index contributed by atoms with van der Waals surface area (Å²) in [4.78, 5) is 37.0. The molecule has 0 fully saturated rings. The van der Waals surface area contributed by atoms with Crippen LogP contribution in [-0.4, -0.2) is 29.9 Å². The van der Waals surface area contributed by atoms with Crippen LogP contribution < -0.4 is 10.6 Å². The van der Waals surface area contributed by atoms with Gasteiger partial charge in [0.1, 0.15) is 17.7 Å². The number of amides is 2. The molecule has 0 bridgehead atoms. The van der Waals surface area contributed by atoms with Crippen LogP contribution in [0.5, 0.6) is 0 Å². The quantitative estimate of drug-likeness (QED) is 0.646. The zero-order valence-corrected chi connectivity index (χ0v) is 16.9. The predicted octanol–water partition coefficient (Wildman–Crippen LogP) is 2.97. The minimum absolute atomic E-state index is 0.138. The SMILES string of the molecule is CC(C)[C@H](NC(=O)c1ccccc1F)C(=O)O[C@@H](C)C(=O)NCc1ccc(F)cc1. The smallest absolute Gasteiger partial charge is 0.329 e. The van der Waals surface area contributed by atoms with Gasteiger partial charge in [0.05, 0.1) is 5.56 Å². The Labute approximate surface area is 173 Å². The number of benzene rings is 2. The van der Waals surface area contributed by atoms with Crippen molar-refractivity contribution in [2.24, 2.45) is 5.92 Å². The normalized spacial score (nSPS) is 12.7. The number of carbonyl (C=O) groups is 3. The number of rotatable bonds is 8. The van der Waals surface area contributed by atoms with E-state index in [1.807, 2.05) is 0 Å². The Bertz CT molecular complexity index is 900. The third kappa shape index (κ3) is 6.37. The molecule has 0 unspecified atom stereocenters. The molecule has 2 rings (SSSR count). The summed E-state index contributed by atoms with van der Waals surface area (Å²) >= 11 is 0. The van der Waals surface area contributed by atoms with Gasteiger partial charge in [-0.3, -0.25) is 9.59 Å². The molecule has 0 aliphatic heterocycles. The fraction of sp³-hybridized carbons (Fsp3) is 0.318. The Kier molecular flexibility index (Phi) is 8.03. The first kappa shape index (κ1) is 23.0. The van der Waals surface area contributed by atoms with Gasteiger partial charge in [0.25, 0.3) is 11.8 Å². The number of ether oxygens (including phenoxy) is 1. The highest BCUT2D eigenvalue weighted by Gasteiger charge is 2.29. The maximum atomic E-state index is 13.8. The zero-order valence-electron chi connectivity index (χ0n) is 16.9. The van der Waals surface area contributed by atoms with E-state index in [0.29, 0.717) is 5.56 Å². The molecule has 30 heavy (non-hydrogen) atoms. The molecule has 0 aliphatic carbocycles. The van der Waals surface area contributed by atoms with Crippen LogP contribution in [-0.2, 0) is 20.9 Å². The lowest BCUT2D eigenvalue weighted by Gasteiger charge is -2.23. The first-order chi connectivity index (χ1) is 14.2. The minimum atomic E-state index is -1.12. The first-order valence-corrected chi connectivity index (χ1v) is 9.47. The fourth-order valence-electron chi connectivity index (χ4n) is 2.60. The molecule has 0 aromatic heterocycles. The van der Waals surface area contributed by atoms with E-state index < -0.39 is 35.7 Å². The van der Waals surface area contributed by atoms with Crippen LogP contribution in [0.3, 0.4) is 0 Å². The molecule has 0 heterocycles. The van der Waals surface area contributed by atoms with Crippen LogP contribution in [0, 0.1) is 17.6 Å². The average Bonchev–Trinajstić information content (AvgIpc) is 2.71. The number of carbonyl (C=O) groups excluding carboxylic acids is 3. The van der Waals surface area contributed by atoms with Crippen LogP contribution in [0.2, 0.25) is 0 Å². The summed E-state index contributed by atoms with van der Waals surface area (Å²) in [6, 6.07) is 9.94. The number of hydrogen-bond acceptors (Lipinski definition) is 4. The van der Waals surface area contributed by atoms with Crippen LogP contribution in [0.4, 0.5) is 8.78 Å². The summed E-state index contributed by atoms with van der Waals surface area (Å²) < 4.78 is 31.9. The molecule has 0 saturated heterocycles. The maximum Gasteiger partial charge on any atom is 0.329 e. The van der Waals surface area contributed by atoms with E-state index in [1.165, 1.54) is 49.4 Å². The van der Waals surface area contributed by atoms with Gasteiger partial charge >= 0.3 is 5.97 Å². The van der Waals surface area contributed by atoms with Gasteiger partial charge in [-0.25, -0.2) is 13.6 Å². The summed E-state index contributed by atoms with van der Waals surface area (Å²) in [7, 11) is 0. The molecule has 8 heteroatoms. The Morgan fingerprint density at radius 1 is 0.967 bits per heavy atom. The van der Waals surface area contributed by atoms with Gasteiger partial charge in [0.15, 0.2) is 6.10 Å². The van der Waals surface area contributed by atoms with E-state index >= 15 is 0 Å². The van der Waals surface area contributed by atoms with Crippen molar-refractivity contribution in [1.29, 1.82) is 0 Å². The van der Waals surface area contributed by atoms with Gasteiger partial charge in [-0.05, 0) is 42.7 Å². The summed E-state index contributed by atoms with van der Waals surface area (Å²) in [6.45, 7) is 4.91. The lowest BCUT2D eigenvalue weighted by Crippen LogP contribution is -2.47. The van der Waals surface area contributed by atoms with Crippen molar-refractivity contribution in [2.75, 3.05) is 0 Å². The molecule has 0 radical (unpaired) electrons. The topological polar surface area (TPSA) is 84.5 Å². The number of hydrogen-bond donors (Lipinski definition) is 2. The van der Waals surface area contributed by atoms with E-state index in [9.17, 15) is 23.2 Å². The first-order valence-electron chi connectivity index (χ1n) is 9.47. The molecule has 6 nitrogen and oxygen atoms in total. The van der Waals surface area contributed by atoms with E-state index in [0.717, 1.165) is 6.07 Å². The van der Waals surface area contributed by atoms with Crippen LogP contribution in [0.1, 0.15) is 36.7 Å². The van der Waals surface area contributed by atoms with Gasteiger partial charge in [-0.15, -0.1) is 0 Å². The summed E-state index contributed by atoms with van der Waals surface area (Å²) in [6.07, 6.45) is -1.12. The zero-order chi connectivity index (χ0) is 22.3. The van der Waals surface area contributed by atoms with Gasteiger partial charge in [-0.1, -0.05) is 38.1 Å². The average molecular weight is 418 g/mol. The Hall–Kier alpha value is -3.29. The molecule has 2 N–H and O–H groups in total. The Morgan fingerprint density at radius 2 is 1.60 bits per heavy atom. The highest BCUT2D eigenvalue weighted by atomic mass is 19.1. The van der Waals surface area contributed by atoms with Gasteiger partial charge < -0.3 is 15.4 Å². The van der Waals surface area contributed by atoms with Crippen molar-refractivity contribution in [3.05, 3.63) is 71.3 Å². The third-order valence-corrected chi connectivity index (χ3v) is 4.37. The van der Waals surface area contributed by atoms with Crippen molar-refractivity contribution >= 4 is 17.8 Å². The molecule has 160 valence electrons. The van der Waals surface area contributed by atoms with Gasteiger partial charge in [0.2, 0.25) is 0 Å². The van der Waals surface area contributed by atoms with Gasteiger partial charge in [0, 0.05) is 6.54 Å². The number of halogens is 2. The third-order valence-electron chi connectivity index (χ3n) is 4.37. The predicted molar refractivity (Wildman–Crippen MR) is 106 cm³/mol. The lowest BCUT2D eigenvalue weighted by atomic mass is 10.0. The van der Waals surface area contributed by atoms with Crippen LogP contribution >= 0.6 is 0 Å². The second kappa shape index (κ2) is 10.5.